The normalized spacial score (nSPS) is 22.5. The van der Waals surface area contributed by atoms with Crippen molar-refractivity contribution in [2.24, 2.45) is 5.73 Å². The number of fused-ring (bicyclic) bond motifs is 1. The Morgan fingerprint density at radius 2 is 2.00 bits per heavy atom. The lowest BCUT2D eigenvalue weighted by molar-refractivity contribution is -0.133. The van der Waals surface area contributed by atoms with E-state index in [4.69, 9.17) is 19.9 Å². The number of carbonyl (C=O) groups excluding carboxylic acids is 2. The average molecular weight is 322 g/mol. The highest BCUT2D eigenvalue weighted by atomic mass is 16.6. The van der Waals surface area contributed by atoms with Crippen LogP contribution in [0.3, 0.4) is 0 Å². The molecule has 3 rings (SSSR count). The quantitative estimate of drug-likeness (QED) is 0.817. The van der Waals surface area contributed by atoms with Gasteiger partial charge in [0.25, 0.3) is 5.91 Å². The number of hydrogen-bond acceptors (Lipinski definition) is 7. The molecule has 124 valence electrons. The fourth-order valence-electron chi connectivity index (χ4n) is 2.57. The minimum atomic E-state index is -1.29. The van der Waals surface area contributed by atoms with Gasteiger partial charge in [0, 0.05) is 0 Å². The van der Waals surface area contributed by atoms with Gasteiger partial charge < -0.3 is 25.1 Å². The third-order valence-corrected chi connectivity index (χ3v) is 3.86. The van der Waals surface area contributed by atoms with Crippen molar-refractivity contribution in [1.82, 2.24) is 4.90 Å². The van der Waals surface area contributed by atoms with Gasteiger partial charge >= 0.3 is 6.09 Å². The number of imide groups is 1. The molecular formula is C15H18N2O6. The Bertz CT molecular complexity index is 634. The molecule has 1 fully saturated rings. The maximum atomic E-state index is 12.4. The lowest BCUT2D eigenvalue weighted by Crippen LogP contribution is -2.49. The van der Waals surface area contributed by atoms with Crippen LogP contribution in [0.2, 0.25) is 0 Å². The first-order valence-electron chi connectivity index (χ1n) is 7.32. The van der Waals surface area contributed by atoms with E-state index in [2.05, 4.69) is 0 Å². The maximum Gasteiger partial charge on any atom is 0.417 e. The van der Waals surface area contributed by atoms with Crippen molar-refractivity contribution in [3.8, 4) is 11.5 Å². The van der Waals surface area contributed by atoms with Gasteiger partial charge in [-0.1, -0.05) is 6.07 Å². The van der Waals surface area contributed by atoms with E-state index in [0.717, 1.165) is 4.90 Å². The minimum absolute atomic E-state index is 0.122. The third kappa shape index (κ3) is 2.82. The van der Waals surface area contributed by atoms with Crippen LogP contribution in [-0.4, -0.2) is 53.9 Å². The molecule has 2 aliphatic heterocycles. The van der Waals surface area contributed by atoms with Crippen molar-refractivity contribution in [2.75, 3.05) is 19.8 Å². The Morgan fingerprint density at radius 1 is 1.30 bits per heavy atom. The number of amides is 2. The van der Waals surface area contributed by atoms with E-state index in [1.54, 1.807) is 25.1 Å². The molecule has 0 radical (unpaired) electrons. The van der Waals surface area contributed by atoms with Gasteiger partial charge in [-0.15, -0.1) is 0 Å². The van der Waals surface area contributed by atoms with Crippen LogP contribution in [-0.2, 0) is 9.53 Å². The summed E-state index contributed by atoms with van der Waals surface area (Å²) in [5.41, 5.74) is 6.26. The molecule has 0 spiro atoms. The van der Waals surface area contributed by atoms with Crippen LogP contribution in [0, 0.1) is 0 Å². The molecular weight excluding hydrogens is 304 g/mol. The van der Waals surface area contributed by atoms with Crippen molar-refractivity contribution in [2.45, 2.75) is 25.1 Å². The minimum Gasteiger partial charge on any atom is -0.486 e. The summed E-state index contributed by atoms with van der Waals surface area (Å²) in [7, 11) is 0. The second kappa shape index (κ2) is 6.05. The van der Waals surface area contributed by atoms with E-state index in [1.165, 1.54) is 0 Å². The number of nitrogens with zero attached hydrogens (tertiary/aromatic N) is 1. The van der Waals surface area contributed by atoms with Gasteiger partial charge in [0.15, 0.2) is 11.5 Å². The monoisotopic (exact) mass is 322 g/mol. The highest BCUT2D eigenvalue weighted by molar-refractivity contribution is 5.96. The average Bonchev–Trinajstić information content (AvgIpc) is 2.91. The number of carbonyl (C=O) groups is 2. The molecule has 2 heterocycles. The third-order valence-electron chi connectivity index (χ3n) is 3.86. The predicted molar refractivity (Wildman–Crippen MR) is 78.0 cm³/mol. The summed E-state index contributed by atoms with van der Waals surface area (Å²) in [4.78, 5) is 24.9. The Kier molecular flexibility index (Phi) is 4.10. The van der Waals surface area contributed by atoms with Crippen LogP contribution in [0.1, 0.15) is 18.6 Å². The van der Waals surface area contributed by atoms with E-state index in [9.17, 15) is 14.7 Å². The standard InChI is InChI=1S/C15H18N2O6/c1-8-7-23-15(20)17(8)14(19)12(16)13(18)9-2-3-10-11(6-9)22-5-4-21-10/h2-3,6,8,12-13,18H,4-5,7,16H2,1H3. The van der Waals surface area contributed by atoms with E-state index >= 15 is 0 Å². The summed E-state index contributed by atoms with van der Waals surface area (Å²) < 4.78 is 15.6. The highest BCUT2D eigenvalue weighted by Gasteiger charge is 2.39. The zero-order valence-corrected chi connectivity index (χ0v) is 12.6. The van der Waals surface area contributed by atoms with Crippen molar-refractivity contribution >= 4 is 12.0 Å². The first-order valence-corrected chi connectivity index (χ1v) is 7.32. The fraction of sp³-hybridized carbons (Fsp3) is 0.467. The SMILES string of the molecule is CC1COC(=O)N1C(=O)C(N)C(O)c1ccc2c(c1)OCCO2. The Hall–Kier alpha value is -2.32. The summed E-state index contributed by atoms with van der Waals surface area (Å²) >= 11 is 0. The first kappa shape index (κ1) is 15.6. The molecule has 23 heavy (non-hydrogen) atoms. The van der Waals surface area contributed by atoms with Gasteiger partial charge in [-0.05, 0) is 24.6 Å². The van der Waals surface area contributed by atoms with Gasteiger partial charge in [-0.25, -0.2) is 9.69 Å². The lowest BCUT2D eigenvalue weighted by atomic mass is 10.0. The summed E-state index contributed by atoms with van der Waals surface area (Å²) in [5.74, 6) is 0.382. The summed E-state index contributed by atoms with van der Waals surface area (Å²) in [5, 5.41) is 10.4. The number of hydrogen-bond donors (Lipinski definition) is 2. The van der Waals surface area contributed by atoms with Crippen LogP contribution in [0.5, 0.6) is 11.5 Å². The van der Waals surface area contributed by atoms with Crippen LogP contribution in [0.25, 0.3) is 0 Å². The largest absolute Gasteiger partial charge is 0.486 e. The van der Waals surface area contributed by atoms with Crippen molar-refractivity contribution in [3.63, 3.8) is 0 Å². The van der Waals surface area contributed by atoms with Crippen LogP contribution in [0.15, 0.2) is 18.2 Å². The number of rotatable bonds is 3. The van der Waals surface area contributed by atoms with Crippen molar-refractivity contribution in [1.29, 1.82) is 0 Å². The van der Waals surface area contributed by atoms with Crippen LogP contribution >= 0.6 is 0 Å². The molecule has 0 saturated carbocycles. The molecule has 0 bridgehead atoms. The topological polar surface area (TPSA) is 111 Å². The van der Waals surface area contributed by atoms with Crippen molar-refractivity contribution in [3.05, 3.63) is 23.8 Å². The van der Waals surface area contributed by atoms with Gasteiger partial charge in [-0.2, -0.15) is 0 Å². The maximum absolute atomic E-state index is 12.4. The van der Waals surface area contributed by atoms with E-state index in [-0.39, 0.29) is 6.61 Å². The second-order valence-corrected chi connectivity index (χ2v) is 5.51. The van der Waals surface area contributed by atoms with Gasteiger partial charge in [0.1, 0.15) is 32.0 Å². The fourth-order valence-corrected chi connectivity index (χ4v) is 2.57. The molecule has 2 amide bonds. The summed E-state index contributed by atoms with van der Waals surface area (Å²) in [6.07, 6.45) is -2.02. The van der Waals surface area contributed by atoms with Crippen LogP contribution < -0.4 is 15.2 Å². The number of cyclic esters (lactones) is 1. The zero-order valence-electron chi connectivity index (χ0n) is 12.6. The van der Waals surface area contributed by atoms with E-state index in [0.29, 0.717) is 30.3 Å². The van der Waals surface area contributed by atoms with E-state index < -0.39 is 30.2 Å². The Balaban J connectivity index is 1.78. The molecule has 3 unspecified atom stereocenters. The first-order chi connectivity index (χ1) is 11.0. The molecule has 3 N–H and O–H groups in total. The molecule has 0 aromatic heterocycles. The van der Waals surface area contributed by atoms with Gasteiger partial charge in [0.05, 0.1) is 6.04 Å². The molecule has 3 atom stereocenters. The smallest absolute Gasteiger partial charge is 0.417 e. The number of nitrogens with two attached hydrogens (primary N) is 1. The number of aliphatic hydroxyl groups is 1. The van der Waals surface area contributed by atoms with Crippen LogP contribution in [0.4, 0.5) is 4.79 Å². The van der Waals surface area contributed by atoms with E-state index in [1.807, 2.05) is 0 Å². The molecule has 1 saturated heterocycles. The van der Waals surface area contributed by atoms with Gasteiger partial charge in [-0.3, -0.25) is 4.79 Å². The molecule has 2 aliphatic rings. The van der Waals surface area contributed by atoms with Crippen molar-refractivity contribution < 1.29 is 28.9 Å². The number of benzene rings is 1. The molecule has 1 aromatic carbocycles. The molecule has 0 aliphatic carbocycles. The number of aliphatic hydroxyl groups excluding tert-OH is 1. The number of ether oxygens (including phenoxy) is 3. The molecule has 1 aromatic rings. The summed E-state index contributed by atoms with van der Waals surface area (Å²) in [6, 6.07) is 3.14. The Morgan fingerprint density at radius 3 is 2.65 bits per heavy atom. The zero-order chi connectivity index (χ0) is 16.6. The lowest BCUT2D eigenvalue weighted by Gasteiger charge is -2.25. The predicted octanol–water partition coefficient (Wildman–Crippen LogP) is 0.186. The highest BCUT2D eigenvalue weighted by Crippen LogP contribution is 2.33. The Labute approximate surface area is 132 Å². The van der Waals surface area contributed by atoms with Gasteiger partial charge in [0.2, 0.25) is 0 Å². The molecule has 8 nitrogen and oxygen atoms in total. The second-order valence-electron chi connectivity index (χ2n) is 5.51. The molecule has 8 heteroatoms. The summed E-state index contributed by atoms with van der Waals surface area (Å²) in [6.45, 7) is 2.67.